The number of para-hydroxylation sites is 1. The molecule has 0 bridgehead atoms. The van der Waals surface area contributed by atoms with Gasteiger partial charge >= 0.3 is 0 Å². The molecular formula is C20H21ClFN2O. The Morgan fingerprint density at radius 2 is 2.00 bits per heavy atom. The van der Waals surface area contributed by atoms with E-state index in [1.807, 2.05) is 30.3 Å². The summed E-state index contributed by atoms with van der Waals surface area (Å²) in [6, 6.07) is 14.2. The first-order chi connectivity index (χ1) is 12.0. The fraction of sp³-hybridized carbons (Fsp3) is 0.300. The van der Waals surface area contributed by atoms with Crippen molar-refractivity contribution < 1.29 is 9.18 Å². The van der Waals surface area contributed by atoms with Gasteiger partial charge in [-0.15, -0.1) is 0 Å². The van der Waals surface area contributed by atoms with Crippen molar-refractivity contribution in [2.45, 2.75) is 38.3 Å². The Balaban J connectivity index is 2.01. The van der Waals surface area contributed by atoms with Crippen LogP contribution in [0.5, 0.6) is 0 Å². The second-order valence-corrected chi connectivity index (χ2v) is 6.77. The molecule has 0 spiro atoms. The number of carbonyl (C=O) groups is 1. The number of amides is 1. The number of carbonyl (C=O) groups excluding carboxylic acids is 1. The second kappa shape index (κ2) is 7.44. The van der Waals surface area contributed by atoms with Crippen LogP contribution in [-0.4, -0.2) is 11.6 Å². The summed E-state index contributed by atoms with van der Waals surface area (Å²) in [4.78, 5) is 14.4. The maximum absolute atomic E-state index is 13.5. The van der Waals surface area contributed by atoms with Gasteiger partial charge in [-0.3, -0.25) is 9.69 Å². The molecule has 1 saturated carbocycles. The molecule has 5 heteroatoms. The molecule has 3 nitrogen and oxygen atoms in total. The summed E-state index contributed by atoms with van der Waals surface area (Å²) >= 11 is 5.93. The number of rotatable bonds is 4. The fourth-order valence-corrected chi connectivity index (χ4v) is 3.68. The topological polar surface area (TPSA) is 32.3 Å². The molecule has 131 valence electrons. The van der Waals surface area contributed by atoms with Crippen molar-refractivity contribution in [2.75, 3.05) is 10.2 Å². The SMILES string of the molecule is CC(=O)N(c1ccccc1)C1(Nc2ccc(F)c(Cl)c2)C[CH]CCC1. The molecule has 1 aliphatic rings. The Labute approximate surface area is 152 Å². The second-order valence-electron chi connectivity index (χ2n) is 6.36. The van der Waals surface area contributed by atoms with E-state index < -0.39 is 11.5 Å². The smallest absolute Gasteiger partial charge is 0.225 e. The van der Waals surface area contributed by atoms with Crippen LogP contribution in [0.15, 0.2) is 48.5 Å². The maximum Gasteiger partial charge on any atom is 0.225 e. The highest BCUT2D eigenvalue weighted by molar-refractivity contribution is 6.31. The lowest BCUT2D eigenvalue weighted by molar-refractivity contribution is -0.117. The van der Waals surface area contributed by atoms with E-state index in [0.717, 1.165) is 24.9 Å². The van der Waals surface area contributed by atoms with Crippen LogP contribution in [0.25, 0.3) is 0 Å². The molecule has 1 fully saturated rings. The molecule has 0 heterocycles. The molecule has 0 aromatic heterocycles. The van der Waals surface area contributed by atoms with Crippen LogP contribution >= 0.6 is 11.6 Å². The minimum Gasteiger partial charge on any atom is -0.362 e. The van der Waals surface area contributed by atoms with Crippen molar-refractivity contribution in [1.29, 1.82) is 0 Å². The molecule has 1 N–H and O–H groups in total. The van der Waals surface area contributed by atoms with Crippen LogP contribution in [-0.2, 0) is 4.79 Å². The Morgan fingerprint density at radius 3 is 2.60 bits per heavy atom. The van der Waals surface area contributed by atoms with E-state index in [4.69, 9.17) is 11.6 Å². The van der Waals surface area contributed by atoms with Crippen LogP contribution in [0.4, 0.5) is 15.8 Å². The van der Waals surface area contributed by atoms with Gasteiger partial charge in [-0.2, -0.15) is 0 Å². The molecule has 1 atom stereocenters. The third-order valence-corrected chi connectivity index (χ3v) is 4.82. The lowest BCUT2D eigenvalue weighted by Gasteiger charge is -2.47. The largest absolute Gasteiger partial charge is 0.362 e. The van der Waals surface area contributed by atoms with Crippen molar-refractivity contribution in [3.8, 4) is 0 Å². The number of hydrogen-bond acceptors (Lipinski definition) is 2. The van der Waals surface area contributed by atoms with Crippen molar-refractivity contribution in [1.82, 2.24) is 0 Å². The van der Waals surface area contributed by atoms with E-state index in [2.05, 4.69) is 11.7 Å². The fourth-order valence-electron chi connectivity index (χ4n) is 3.50. The molecule has 2 aromatic carbocycles. The summed E-state index contributed by atoms with van der Waals surface area (Å²) in [6.45, 7) is 1.57. The van der Waals surface area contributed by atoms with Crippen LogP contribution < -0.4 is 10.2 Å². The summed E-state index contributed by atoms with van der Waals surface area (Å²) in [5.41, 5.74) is 0.946. The lowest BCUT2D eigenvalue weighted by atomic mass is 9.86. The first-order valence-corrected chi connectivity index (χ1v) is 8.80. The number of halogens is 2. The van der Waals surface area contributed by atoms with Crippen molar-refractivity contribution in [2.24, 2.45) is 0 Å². The first kappa shape index (κ1) is 17.7. The minimum atomic E-state index is -0.591. The Morgan fingerprint density at radius 1 is 1.24 bits per heavy atom. The molecule has 0 saturated heterocycles. The molecule has 1 aliphatic carbocycles. The lowest BCUT2D eigenvalue weighted by Crippen LogP contribution is -2.58. The van der Waals surface area contributed by atoms with Crippen molar-refractivity contribution >= 4 is 28.9 Å². The van der Waals surface area contributed by atoms with E-state index in [-0.39, 0.29) is 10.9 Å². The molecule has 0 aliphatic heterocycles. The van der Waals surface area contributed by atoms with Crippen LogP contribution in [0.1, 0.15) is 32.6 Å². The highest BCUT2D eigenvalue weighted by Gasteiger charge is 2.40. The predicted molar refractivity (Wildman–Crippen MR) is 100 cm³/mol. The highest BCUT2D eigenvalue weighted by atomic mass is 35.5. The number of anilines is 2. The van der Waals surface area contributed by atoms with Crippen molar-refractivity contribution in [3.63, 3.8) is 0 Å². The van der Waals surface area contributed by atoms with Gasteiger partial charge in [-0.25, -0.2) is 4.39 Å². The Bertz CT molecular complexity index is 745. The molecule has 3 rings (SSSR count). The molecule has 1 unspecified atom stereocenters. The quantitative estimate of drug-likeness (QED) is 0.739. The van der Waals surface area contributed by atoms with Crippen molar-refractivity contribution in [3.05, 3.63) is 65.8 Å². The third-order valence-electron chi connectivity index (χ3n) is 4.53. The molecule has 1 radical (unpaired) electrons. The Hall–Kier alpha value is -2.07. The van der Waals surface area contributed by atoms with Gasteiger partial charge in [0.15, 0.2) is 0 Å². The van der Waals surface area contributed by atoms with E-state index in [0.29, 0.717) is 12.1 Å². The van der Waals surface area contributed by atoms with E-state index in [1.165, 1.54) is 6.07 Å². The monoisotopic (exact) mass is 359 g/mol. The van der Waals surface area contributed by atoms with Gasteiger partial charge in [0.25, 0.3) is 0 Å². The predicted octanol–water partition coefficient (Wildman–Crippen LogP) is 5.42. The minimum absolute atomic E-state index is 0.0396. The average molecular weight is 360 g/mol. The summed E-state index contributed by atoms with van der Waals surface area (Å²) in [7, 11) is 0. The molecule has 1 amide bonds. The van der Waals surface area contributed by atoms with E-state index in [9.17, 15) is 9.18 Å². The molecule has 25 heavy (non-hydrogen) atoms. The van der Waals surface area contributed by atoms with Gasteiger partial charge in [0.1, 0.15) is 11.5 Å². The zero-order valence-electron chi connectivity index (χ0n) is 14.1. The highest BCUT2D eigenvalue weighted by Crippen LogP contribution is 2.38. The number of benzene rings is 2. The zero-order chi connectivity index (χ0) is 17.9. The number of nitrogens with one attached hydrogen (secondary N) is 1. The summed E-state index contributed by atoms with van der Waals surface area (Å²) in [6.07, 6.45) is 5.69. The van der Waals surface area contributed by atoms with Gasteiger partial charge in [-0.05, 0) is 62.4 Å². The Kier molecular flexibility index (Phi) is 5.28. The maximum atomic E-state index is 13.5. The van der Waals surface area contributed by atoms with E-state index >= 15 is 0 Å². The summed E-state index contributed by atoms with van der Waals surface area (Å²) < 4.78 is 13.5. The zero-order valence-corrected chi connectivity index (χ0v) is 14.9. The van der Waals surface area contributed by atoms with Crippen LogP contribution in [0, 0.1) is 12.2 Å². The molecule has 2 aromatic rings. The average Bonchev–Trinajstić information content (AvgIpc) is 2.60. The van der Waals surface area contributed by atoms with Gasteiger partial charge in [0, 0.05) is 18.3 Å². The number of nitrogens with zero attached hydrogens (tertiary/aromatic N) is 1. The standard InChI is InChI=1S/C20H21ClFN2O/c1-15(25)24(17-8-4-2-5-9-17)20(12-6-3-7-13-20)23-16-10-11-19(22)18(21)14-16/h2,4-6,8-11,14,23H,3,7,12-13H2,1H3. The third kappa shape index (κ3) is 3.79. The summed E-state index contributed by atoms with van der Waals surface area (Å²) in [5.74, 6) is -0.495. The van der Waals surface area contributed by atoms with Gasteiger partial charge in [0.05, 0.1) is 5.02 Å². The molecular weight excluding hydrogens is 339 g/mol. The first-order valence-electron chi connectivity index (χ1n) is 8.43. The van der Waals surface area contributed by atoms with Gasteiger partial charge < -0.3 is 5.32 Å². The van der Waals surface area contributed by atoms with Crippen LogP contribution in [0.3, 0.4) is 0 Å². The van der Waals surface area contributed by atoms with Gasteiger partial charge in [-0.1, -0.05) is 29.8 Å². The summed E-state index contributed by atoms with van der Waals surface area (Å²) in [5, 5.41) is 3.53. The van der Waals surface area contributed by atoms with Crippen LogP contribution in [0.2, 0.25) is 5.02 Å². The van der Waals surface area contributed by atoms with Gasteiger partial charge in [0.2, 0.25) is 5.91 Å². The normalized spacial score (nSPS) is 16.3. The number of hydrogen-bond donors (Lipinski definition) is 1. The van der Waals surface area contributed by atoms with E-state index in [1.54, 1.807) is 24.0 Å².